The lowest BCUT2D eigenvalue weighted by Gasteiger charge is -2.23. The summed E-state index contributed by atoms with van der Waals surface area (Å²) in [6.07, 6.45) is -4.49. The van der Waals surface area contributed by atoms with Gasteiger partial charge in [-0.1, -0.05) is 165 Å². The first-order chi connectivity index (χ1) is 30.5. The van der Waals surface area contributed by atoms with Crippen LogP contribution < -0.4 is 0 Å². The zero-order chi connectivity index (χ0) is 43.0. The smallest absolute Gasteiger partial charge is 0.308 e. The number of aryl methyl sites for hydroxylation is 1. The molecule has 304 valence electrons. The number of hydrogen-bond acceptors (Lipinski definition) is 2. The molecule has 0 fully saturated rings. The predicted octanol–water partition coefficient (Wildman–Crippen LogP) is 15.5. The fourth-order valence-electron chi connectivity index (χ4n) is 9.68. The number of benzene rings is 8. The second-order valence-electron chi connectivity index (χ2n) is 17.0. The Morgan fingerprint density at radius 3 is 1.71 bits per heavy atom. The van der Waals surface area contributed by atoms with Gasteiger partial charge >= 0.3 is 6.18 Å². The van der Waals surface area contributed by atoms with Crippen molar-refractivity contribution >= 4 is 21.8 Å². The Morgan fingerprint density at radius 2 is 1.05 bits per heavy atom. The molecule has 0 spiro atoms. The van der Waals surface area contributed by atoms with Gasteiger partial charge in [0, 0.05) is 44.0 Å². The van der Waals surface area contributed by atoms with Gasteiger partial charge in [0.05, 0.1) is 33.7 Å². The first-order valence-electron chi connectivity index (χ1n) is 21.1. The van der Waals surface area contributed by atoms with Crippen molar-refractivity contribution in [1.82, 2.24) is 14.5 Å². The summed E-state index contributed by atoms with van der Waals surface area (Å²) in [5, 5.41) is 2.27. The lowest BCUT2D eigenvalue weighted by Crippen LogP contribution is -2.15. The highest BCUT2D eigenvalue weighted by Crippen LogP contribution is 2.54. The van der Waals surface area contributed by atoms with Crippen LogP contribution in [0.15, 0.2) is 188 Å². The molecule has 0 saturated carbocycles. The number of aromatic nitrogens is 3. The predicted molar refractivity (Wildman–Crippen MR) is 251 cm³/mol. The molecular formula is C57H40F3N3. The van der Waals surface area contributed by atoms with E-state index in [9.17, 15) is 13.2 Å². The lowest BCUT2D eigenvalue weighted by atomic mass is 9.80. The summed E-state index contributed by atoms with van der Waals surface area (Å²) in [6.45, 7) is 6.68. The minimum atomic E-state index is -4.49. The Kier molecular flexibility index (Phi) is 8.84. The van der Waals surface area contributed by atoms with Gasteiger partial charge in [0.1, 0.15) is 0 Å². The first kappa shape index (κ1) is 38.4. The Labute approximate surface area is 363 Å². The standard InChI is InChI=1S/C57H40F3N3/c1-35-22-24-36(25-23-35)45-32-40(49-34-48(38-14-6-4-7-15-38)61-55(62-49)39-16-8-5-9-17-39)33-46(37-26-28-41(29-27-37)57(58,59)60)54(45)63-50-21-13-11-19-44(50)52-51(63)31-30-43-42-18-10-12-20-47(42)56(2,3)53(43)52/h4-34H,1-3H3. The number of nitrogens with zero attached hydrogens (tertiary/aromatic N) is 3. The highest BCUT2D eigenvalue weighted by molar-refractivity contribution is 6.15. The Hall–Kier alpha value is -7.57. The number of rotatable bonds is 6. The van der Waals surface area contributed by atoms with Crippen LogP contribution in [0.4, 0.5) is 13.2 Å². The van der Waals surface area contributed by atoms with Gasteiger partial charge in [-0.25, -0.2) is 9.97 Å². The van der Waals surface area contributed by atoms with Crippen molar-refractivity contribution in [3.63, 3.8) is 0 Å². The van der Waals surface area contributed by atoms with Gasteiger partial charge in [0.2, 0.25) is 0 Å². The molecule has 0 saturated heterocycles. The Morgan fingerprint density at radius 1 is 0.476 bits per heavy atom. The van der Waals surface area contributed by atoms with Crippen LogP contribution in [-0.2, 0) is 11.6 Å². The number of hydrogen-bond donors (Lipinski definition) is 0. The van der Waals surface area contributed by atoms with Gasteiger partial charge in [0.25, 0.3) is 0 Å². The largest absolute Gasteiger partial charge is 0.416 e. The van der Waals surface area contributed by atoms with Crippen molar-refractivity contribution in [2.75, 3.05) is 0 Å². The topological polar surface area (TPSA) is 30.7 Å². The van der Waals surface area contributed by atoms with Crippen molar-refractivity contribution in [3.05, 3.63) is 210 Å². The Bertz CT molecular complexity index is 3330. The minimum Gasteiger partial charge on any atom is -0.308 e. The van der Waals surface area contributed by atoms with Crippen molar-refractivity contribution in [1.29, 1.82) is 0 Å². The molecule has 63 heavy (non-hydrogen) atoms. The molecule has 0 unspecified atom stereocenters. The van der Waals surface area contributed by atoms with Gasteiger partial charge in [-0.05, 0) is 82.8 Å². The average molecular weight is 824 g/mol. The van der Waals surface area contributed by atoms with E-state index in [1.807, 2.05) is 66.7 Å². The lowest BCUT2D eigenvalue weighted by molar-refractivity contribution is -0.137. The molecule has 2 aromatic heterocycles. The monoisotopic (exact) mass is 823 g/mol. The molecule has 8 aromatic carbocycles. The van der Waals surface area contributed by atoms with E-state index >= 15 is 0 Å². The van der Waals surface area contributed by atoms with Crippen molar-refractivity contribution in [2.24, 2.45) is 0 Å². The zero-order valence-electron chi connectivity index (χ0n) is 34.9. The van der Waals surface area contributed by atoms with Gasteiger partial charge in [-0.3, -0.25) is 0 Å². The summed E-state index contributed by atoms with van der Waals surface area (Å²) in [4.78, 5) is 10.3. The van der Waals surface area contributed by atoms with Crippen LogP contribution in [0.25, 0.3) is 94.8 Å². The third-order valence-corrected chi connectivity index (χ3v) is 12.7. The molecular weight excluding hydrogens is 784 g/mol. The van der Waals surface area contributed by atoms with Gasteiger partial charge in [-0.2, -0.15) is 13.2 Å². The second kappa shape index (κ2) is 14.5. The number of halogens is 3. The summed E-state index contributed by atoms with van der Waals surface area (Å²) in [5.41, 5.74) is 15.4. The maximum atomic E-state index is 14.2. The van der Waals surface area contributed by atoms with Crippen LogP contribution in [0.1, 0.15) is 36.1 Å². The van der Waals surface area contributed by atoms with Crippen molar-refractivity contribution in [2.45, 2.75) is 32.4 Å². The zero-order valence-corrected chi connectivity index (χ0v) is 34.9. The van der Waals surface area contributed by atoms with E-state index < -0.39 is 11.7 Å². The summed E-state index contributed by atoms with van der Waals surface area (Å²) in [7, 11) is 0. The summed E-state index contributed by atoms with van der Waals surface area (Å²) >= 11 is 0. The van der Waals surface area contributed by atoms with E-state index in [1.54, 1.807) is 12.1 Å². The minimum absolute atomic E-state index is 0.291. The van der Waals surface area contributed by atoms with E-state index in [1.165, 1.54) is 34.4 Å². The molecule has 1 aliphatic carbocycles. The molecule has 2 heterocycles. The molecule has 11 rings (SSSR count). The first-order valence-corrected chi connectivity index (χ1v) is 21.1. The summed E-state index contributed by atoms with van der Waals surface area (Å²) in [6, 6.07) is 61.9. The number of fused-ring (bicyclic) bond motifs is 7. The molecule has 6 heteroatoms. The molecule has 0 N–H and O–H groups in total. The van der Waals surface area contributed by atoms with Gasteiger partial charge in [0.15, 0.2) is 5.82 Å². The van der Waals surface area contributed by atoms with Crippen molar-refractivity contribution in [3.8, 4) is 73.0 Å². The fourth-order valence-corrected chi connectivity index (χ4v) is 9.68. The molecule has 0 amide bonds. The van der Waals surface area contributed by atoms with Gasteiger partial charge < -0.3 is 4.57 Å². The quantitative estimate of drug-likeness (QED) is 0.167. The molecule has 1 aliphatic rings. The highest BCUT2D eigenvalue weighted by atomic mass is 19.4. The van der Waals surface area contributed by atoms with E-state index in [-0.39, 0.29) is 5.41 Å². The van der Waals surface area contributed by atoms with Gasteiger partial charge in [-0.15, -0.1) is 0 Å². The molecule has 0 bridgehead atoms. The van der Waals surface area contributed by atoms with E-state index in [0.717, 1.165) is 72.1 Å². The maximum Gasteiger partial charge on any atom is 0.416 e. The maximum absolute atomic E-state index is 14.2. The van der Waals surface area contributed by atoms with Crippen LogP contribution in [0, 0.1) is 6.92 Å². The Balaban J connectivity index is 1.27. The normalized spacial score (nSPS) is 13.0. The van der Waals surface area contributed by atoms with Crippen LogP contribution in [0.3, 0.4) is 0 Å². The summed E-state index contributed by atoms with van der Waals surface area (Å²) < 4.78 is 44.9. The highest BCUT2D eigenvalue weighted by Gasteiger charge is 2.38. The molecule has 0 radical (unpaired) electrons. The second-order valence-corrected chi connectivity index (χ2v) is 17.0. The average Bonchev–Trinajstić information content (AvgIpc) is 3.77. The molecule has 10 aromatic rings. The molecule has 0 atom stereocenters. The van der Waals surface area contributed by atoms with Crippen LogP contribution in [-0.4, -0.2) is 14.5 Å². The number of para-hydroxylation sites is 1. The third-order valence-electron chi connectivity index (χ3n) is 12.7. The van der Waals surface area contributed by atoms with Crippen LogP contribution >= 0.6 is 0 Å². The SMILES string of the molecule is Cc1ccc(-c2cc(-c3cc(-c4ccccc4)nc(-c4ccccc4)n3)cc(-c3ccc(C(F)(F)F)cc3)c2-n2c3ccccc3c3c4c(ccc32)-c2ccccc2C4(C)C)cc1. The van der Waals surface area contributed by atoms with Crippen molar-refractivity contribution < 1.29 is 13.2 Å². The van der Waals surface area contributed by atoms with Crippen LogP contribution in [0.5, 0.6) is 0 Å². The third kappa shape index (κ3) is 6.36. The molecule has 0 aliphatic heterocycles. The fraction of sp³-hybridized carbons (Fsp3) is 0.0877. The number of alkyl halides is 3. The molecule has 3 nitrogen and oxygen atoms in total. The summed E-state index contributed by atoms with van der Waals surface area (Å²) in [5.74, 6) is 0.573. The van der Waals surface area contributed by atoms with E-state index in [0.29, 0.717) is 17.1 Å². The van der Waals surface area contributed by atoms with E-state index in [4.69, 9.17) is 9.97 Å². The van der Waals surface area contributed by atoms with Crippen LogP contribution in [0.2, 0.25) is 0 Å². The van der Waals surface area contributed by atoms with E-state index in [2.05, 4.69) is 122 Å².